The third-order valence-corrected chi connectivity index (χ3v) is 5.09. The van der Waals surface area contributed by atoms with Crippen LogP contribution in [-0.4, -0.2) is 37.7 Å². The van der Waals surface area contributed by atoms with Gasteiger partial charge in [0.2, 0.25) is 10.0 Å². The van der Waals surface area contributed by atoms with Crippen LogP contribution in [0.5, 0.6) is 0 Å². The van der Waals surface area contributed by atoms with Crippen LogP contribution < -0.4 is 10.0 Å². The molecule has 1 aromatic carbocycles. The minimum absolute atomic E-state index is 0.0137. The number of sulfonamides is 1. The van der Waals surface area contributed by atoms with Crippen LogP contribution in [0, 0.1) is 5.92 Å². The highest BCUT2D eigenvalue weighted by Crippen LogP contribution is 2.17. The molecule has 0 saturated carbocycles. The molecule has 30 heavy (non-hydrogen) atoms. The second-order valence-corrected chi connectivity index (χ2v) is 11.1. The molecule has 0 aliphatic rings. The van der Waals surface area contributed by atoms with Crippen molar-refractivity contribution in [3.63, 3.8) is 0 Å². The van der Waals surface area contributed by atoms with Gasteiger partial charge in [-0.15, -0.1) is 0 Å². The summed E-state index contributed by atoms with van der Waals surface area (Å²) in [5.74, 6) is -0.949. The Balaban J connectivity index is 2.95. The van der Waals surface area contributed by atoms with Crippen LogP contribution in [0.3, 0.4) is 0 Å². The number of carbonyl (C=O) groups excluding carboxylic acids is 2. The molecule has 2 N–H and O–H groups in total. The molecule has 0 aliphatic heterocycles. The number of alkyl carbamates (subject to hydrolysis) is 1. The van der Waals surface area contributed by atoms with Crippen molar-refractivity contribution < 1.29 is 27.5 Å². The summed E-state index contributed by atoms with van der Waals surface area (Å²) in [7, 11) is -3.99. The van der Waals surface area contributed by atoms with Gasteiger partial charge in [0.05, 0.1) is 4.90 Å². The topological polar surface area (TPSA) is 111 Å². The fourth-order valence-electron chi connectivity index (χ4n) is 2.37. The summed E-state index contributed by atoms with van der Waals surface area (Å²) >= 11 is 0. The minimum atomic E-state index is -3.99. The predicted octanol–water partition coefficient (Wildman–Crippen LogP) is 3.36. The number of hydrogen-bond donors (Lipinski definition) is 2. The zero-order chi connectivity index (χ0) is 23.3. The zero-order valence-corrected chi connectivity index (χ0v) is 19.8. The fourth-order valence-corrected chi connectivity index (χ4v) is 3.77. The summed E-state index contributed by atoms with van der Waals surface area (Å²) in [4.78, 5) is 24.3. The van der Waals surface area contributed by atoms with Crippen LogP contribution in [0.2, 0.25) is 0 Å². The monoisotopic (exact) mass is 442 g/mol. The van der Waals surface area contributed by atoms with Gasteiger partial charge in [0, 0.05) is 6.54 Å². The molecule has 0 aromatic heterocycles. The first kappa shape index (κ1) is 25.9. The molecule has 0 radical (unpaired) electrons. The van der Waals surface area contributed by atoms with E-state index < -0.39 is 39.3 Å². The van der Waals surface area contributed by atoms with Gasteiger partial charge in [-0.1, -0.05) is 26.0 Å². The van der Waals surface area contributed by atoms with Crippen molar-refractivity contribution in [2.75, 3.05) is 0 Å². The maximum Gasteiger partial charge on any atom is 0.407 e. The van der Waals surface area contributed by atoms with Crippen molar-refractivity contribution >= 4 is 22.1 Å². The maximum atomic E-state index is 12.9. The number of ether oxygens (including phenoxy) is 2. The third kappa shape index (κ3) is 9.13. The molecule has 1 amide bonds. The minimum Gasteiger partial charge on any atom is -0.459 e. The van der Waals surface area contributed by atoms with Crippen molar-refractivity contribution in [3.8, 4) is 0 Å². The first-order valence-electron chi connectivity index (χ1n) is 9.81. The van der Waals surface area contributed by atoms with Crippen molar-refractivity contribution in [1.29, 1.82) is 0 Å². The van der Waals surface area contributed by atoms with E-state index in [0.29, 0.717) is 5.56 Å². The lowest BCUT2D eigenvalue weighted by Crippen LogP contribution is -2.47. The number of nitrogens with one attached hydrogen (secondary N) is 2. The van der Waals surface area contributed by atoms with Gasteiger partial charge >= 0.3 is 12.1 Å². The molecule has 0 bridgehead atoms. The van der Waals surface area contributed by atoms with E-state index in [0.717, 1.165) is 0 Å². The average molecular weight is 443 g/mol. The van der Waals surface area contributed by atoms with E-state index in [1.807, 2.05) is 0 Å². The largest absolute Gasteiger partial charge is 0.459 e. The molecule has 0 heterocycles. The van der Waals surface area contributed by atoms with Crippen LogP contribution in [0.15, 0.2) is 29.2 Å². The standard InChI is InChI=1S/C21H34N2O6S/c1-14(2)17(18(24)28-20(3,4)5)23-30(26,27)16-11-9-10-15(12-16)13-22-19(25)29-21(6,7)8/h9-12,14,17,23H,13H2,1-8H3,(H,22,25)/t17-/m1/s1. The van der Waals surface area contributed by atoms with E-state index in [4.69, 9.17) is 9.47 Å². The van der Waals surface area contributed by atoms with E-state index in [-0.39, 0.29) is 17.4 Å². The second kappa shape index (κ2) is 9.78. The van der Waals surface area contributed by atoms with Gasteiger partial charge in [-0.05, 0) is 65.2 Å². The first-order chi connectivity index (χ1) is 13.5. The smallest absolute Gasteiger partial charge is 0.407 e. The van der Waals surface area contributed by atoms with Crippen LogP contribution >= 0.6 is 0 Å². The summed E-state index contributed by atoms with van der Waals surface area (Å²) < 4.78 is 38.7. The molecule has 1 atom stereocenters. The molecule has 8 nitrogen and oxygen atoms in total. The molecular formula is C21H34N2O6S. The van der Waals surface area contributed by atoms with Crippen molar-refractivity contribution in [2.24, 2.45) is 5.92 Å². The van der Waals surface area contributed by atoms with Crippen molar-refractivity contribution in [2.45, 2.75) is 84.1 Å². The highest BCUT2D eigenvalue weighted by atomic mass is 32.2. The van der Waals surface area contributed by atoms with Crippen LogP contribution in [0.25, 0.3) is 0 Å². The normalized spacial score (nSPS) is 13.6. The number of esters is 1. The summed E-state index contributed by atoms with van der Waals surface area (Å²) in [6.45, 7) is 14.0. The molecule has 1 aromatic rings. The fraction of sp³-hybridized carbons (Fsp3) is 0.619. The van der Waals surface area contributed by atoms with Crippen LogP contribution in [-0.2, 0) is 30.8 Å². The molecule has 0 unspecified atom stereocenters. The zero-order valence-electron chi connectivity index (χ0n) is 19.0. The van der Waals surface area contributed by atoms with Crippen LogP contribution in [0.1, 0.15) is 61.0 Å². The average Bonchev–Trinajstić information content (AvgIpc) is 2.55. The van der Waals surface area contributed by atoms with E-state index in [1.54, 1.807) is 67.5 Å². The lowest BCUT2D eigenvalue weighted by atomic mass is 10.1. The highest BCUT2D eigenvalue weighted by Gasteiger charge is 2.32. The summed E-state index contributed by atoms with van der Waals surface area (Å²) in [5.41, 5.74) is -0.794. The Bertz CT molecular complexity index is 851. The van der Waals surface area contributed by atoms with E-state index in [1.165, 1.54) is 12.1 Å². The van der Waals surface area contributed by atoms with E-state index in [9.17, 15) is 18.0 Å². The molecule has 0 spiro atoms. The first-order valence-corrected chi connectivity index (χ1v) is 11.3. The van der Waals surface area contributed by atoms with Gasteiger partial charge < -0.3 is 14.8 Å². The molecule has 9 heteroatoms. The van der Waals surface area contributed by atoms with Gasteiger partial charge in [-0.25, -0.2) is 13.2 Å². The number of amides is 1. The van der Waals surface area contributed by atoms with E-state index in [2.05, 4.69) is 10.0 Å². The Morgan fingerprint density at radius 2 is 1.57 bits per heavy atom. The number of rotatable bonds is 7. The number of hydrogen-bond acceptors (Lipinski definition) is 6. The third-order valence-electron chi connectivity index (χ3n) is 3.65. The summed E-state index contributed by atoms with van der Waals surface area (Å²) in [6.07, 6.45) is -0.598. The van der Waals surface area contributed by atoms with Gasteiger partial charge in [-0.3, -0.25) is 4.79 Å². The molecule has 1 rings (SSSR count). The lowest BCUT2D eigenvalue weighted by molar-refractivity contribution is -0.158. The molecule has 170 valence electrons. The van der Waals surface area contributed by atoms with Crippen LogP contribution in [0.4, 0.5) is 4.79 Å². The Hall–Kier alpha value is -2.13. The second-order valence-electron chi connectivity index (χ2n) is 9.38. The summed E-state index contributed by atoms with van der Waals surface area (Å²) in [5, 5.41) is 2.59. The number of carbonyl (C=O) groups is 2. The Morgan fingerprint density at radius 3 is 2.07 bits per heavy atom. The van der Waals surface area contributed by atoms with Gasteiger partial charge in [-0.2, -0.15) is 4.72 Å². The Morgan fingerprint density at radius 1 is 1.00 bits per heavy atom. The Labute approximate surface area is 179 Å². The molecule has 0 aliphatic carbocycles. The van der Waals surface area contributed by atoms with Gasteiger partial charge in [0.15, 0.2) is 0 Å². The van der Waals surface area contributed by atoms with Crippen molar-refractivity contribution in [3.05, 3.63) is 29.8 Å². The molecule has 0 fully saturated rings. The maximum absolute atomic E-state index is 12.9. The highest BCUT2D eigenvalue weighted by molar-refractivity contribution is 7.89. The van der Waals surface area contributed by atoms with Gasteiger partial charge in [0.25, 0.3) is 0 Å². The molecule has 0 saturated heterocycles. The van der Waals surface area contributed by atoms with Crippen molar-refractivity contribution in [1.82, 2.24) is 10.0 Å². The Kier molecular flexibility index (Phi) is 8.45. The van der Waals surface area contributed by atoms with Gasteiger partial charge in [0.1, 0.15) is 17.2 Å². The lowest BCUT2D eigenvalue weighted by Gasteiger charge is -2.26. The van der Waals surface area contributed by atoms with E-state index >= 15 is 0 Å². The SMILES string of the molecule is CC(C)[C@@H](NS(=O)(=O)c1cccc(CNC(=O)OC(C)(C)C)c1)C(=O)OC(C)(C)C. The number of benzene rings is 1. The summed E-state index contributed by atoms with van der Waals surface area (Å²) in [6, 6.07) is 5.08. The quantitative estimate of drug-likeness (QED) is 0.627. The molecular weight excluding hydrogens is 408 g/mol. The predicted molar refractivity (Wildman–Crippen MR) is 114 cm³/mol.